The number of ether oxygens (including phenoxy) is 1. The van der Waals surface area contributed by atoms with Crippen LogP contribution in [0.4, 0.5) is 10.3 Å². The van der Waals surface area contributed by atoms with Crippen LogP contribution in [0, 0.1) is 18.7 Å². The molecule has 4 rings (SSSR count). The highest BCUT2D eigenvalue weighted by molar-refractivity contribution is 7.18. The second-order valence-corrected chi connectivity index (χ2v) is 8.47. The molecule has 0 saturated carbocycles. The van der Waals surface area contributed by atoms with Gasteiger partial charge >= 0.3 is 0 Å². The normalized spacial score (nSPS) is 17.3. The topological polar surface area (TPSA) is 96.3 Å². The van der Waals surface area contributed by atoms with E-state index in [9.17, 15) is 9.50 Å². The maximum absolute atomic E-state index is 13.5. The Morgan fingerprint density at radius 3 is 2.86 bits per heavy atom. The van der Waals surface area contributed by atoms with Gasteiger partial charge in [-0.3, -0.25) is 9.88 Å². The zero-order valence-corrected chi connectivity index (χ0v) is 17.3. The predicted octanol–water partition coefficient (Wildman–Crippen LogP) is 2.67. The number of nitrogens with one attached hydrogen (secondary N) is 1. The van der Waals surface area contributed by atoms with Crippen molar-refractivity contribution in [3.63, 3.8) is 0 Å². The molecule has 3 aromatic heterocycles. The van der Waals surface area contributed by atoms with Crippen molar-refractivity contribution in [2.75, 3.05) is 32.1 Å². The monoisotopic (exact) mass is 418 g/mol. The standard InChI is InChI=1S/C19H23FN6O2S/c1-10(13-4-14(20)6-21-5-13)22-19-24-15(16-17(25-19)23-11(2)29-16)18(27)26-7-12(8-26)9-28-3/h4-6,10,12,18,27H,7-9H2,1-3H3,(H,22,24,25)/t10-,18?/m0/s1. The average Bonchev–Trinajstić information content (AvgIpc) is 3.03. The molecule has 29 heavy (non-hydrogen) atoms. The fourth-order valence-corrected chi connectivity index (χ4v) is 4.32. The average molecular weight is 418 g/mol. The SMILES string of the molecule is COCC1CN(C(O)c2nc(N[C@@H](C)c3cncc(F)c3)nc3nc(C)sc23)C1. The van der Waals surface area contributed by atoms with E-state index in [-0.39, 0.29) is 6.04 Å². The molecule has 1 fully saturated rings. The van der Waals surface area contributed by atoms with Crippen molar-refractivity contribution in [2.24, 2.45) is 5.92 Å². The summed E-state index contributed by atoms with van der Waals surface area (Å²) >= 11 is 1.46. The van der Waals surface area contributed by atoms with Crippen LogP contribution >= 0.6 is 11.3 Å². The number of aliphatic hydroxyl groups is 1. The second kappa shape index (κ2) is 8.23. The van der Waals surface area contributed by atoms with Crippen molar-refractivity contribution in [1.29, 1.82) is 0 Å². The lowest BCUT2D eigenvalue weighted by atomic mass is 10.0. The molecule has 1 saturated heterocycles. The first kappa shape index (κ1) is 20.0. The molecule has 10 heteroatoms. The molecule has 1 aliphatic heterocycles. The number of anilines is 1. The molecule has 3 aromatic rings. The molecule has 8 nitrogen and oxygen atoms in total. The van der Waals surface area contributed by atoms with Crippen molar-refractivity contribution in [1.82, 2.24) is 24.8 Å². The molecule has 0 bridgehead atoms. The fraction of sp³-hybridized carbons (Fsp3) is 0.474. The molecular weight excluding hydrogens is 395 g/mol. The molecule has 0 aliphatic carbocycles. The van der Waals surface area contributed by atoms with Gasteiger partial charge in [-0.2, -0.15) is 4.98 Å². The molecule has 0 aromatic carbocycles. The Morgan fingerprint density at radius 2 is 2.14 bits per heavy atom. The number of likely N-dealkylation sites (tertiary alicyclic amines) is 1. The van der Waals surface area contributed by atoms with Gasteiger partial charge in [0.15, 0.2) is 11.9 Å². The van der Waals surface area contributed by atoms with Gasteiger partial charge in [0.1, 0.15) is 11.5 Å². The molecular formula is C19H23FN6O2S. The van der Waals surface area contributed by atoms with E-state index in [0.29, 0.717) is 35.4 Å². The maximum Gasteiger partial charge on any atom is 0.225 e. The Bertz CT molecular complexity index is 1010. The highest BCUT2D eigenvalue weighted by atomic mass is 32.1. The third kappa shape index (κ3) is 4.20. The minimum atomic E-state index is -0.847. The van der Waals surface area contributed by atoms with Gasteiger partial charge in [-0.25, -0.2) is 14.4 Å². The molecule has 1 aliphatic rings. The smallest absolute Gasteiger partial charge is 0.225 e. The van der Waals surface area contributed by atoms with Gasteiger partial charge in [0, 0.05) is 32.3 Å². The number of methoxy groups -OCH3 is 1. The van der Waals surface area contributed by atoms with Gasteiger partial charge in [-0.1, -0.05) is 0 Å². The van der Waals surface area contributed by atoms with Crippen molar-refractivity contribution >= 4 is 27.6 Å². The minimum Gasteiger partial charge on any atom is -0.384 e. The van der Waals surface area contributed by atoms with Crippen LogP contribution in [0.3, 0.4) is 0 Å². The Hall–Kier alpha value is -2.27. The lowest BCUT2D eigenvalue weighted by Crippen LogP contribution is -2.50. The molecule has 2 atom stereocenters. The lowest BCUT2D eigenvalue weighted by molar-refractivity contribution is -0.0837. The lowest BCUT2D eigenvalue weighted by Gasteiger charge is -2.41. The van der Waals surface area contributed by atoms with Crippen LogP contribution < -0.4 is 5.32 Å². The summed E-state index contributed by atoms with van der Waals surface area (Å²) in [5, 5.41) is 15.0. The number of pyridine rings is 1. The van der Waals surface area contributed by atoms with E-state index in [2.05, 4.69) is 25.3 Å². The first-order valence-electron chi connectivity index (χ1n) is 9.37. The summed E-state index contributed by atoms with van der Waals surface area (Å²) in [7, 11) is 1.68. The zero-order chi connectivity index (χ0) is 20.5. The van der Waals surface area contributed by atoms with E-state index < -0.39 is 12.0 Å². The Labute approximate surface area is 171 Å². The Kier molecular flexibility index (Phi) is 5.68. The van der Waals surface area contributed by atoms with Crippen LogP contribution in [0.15, 0.2) is 18.5 Å². The second-order valence-electron chi connectivity index (χ2n) is 7.27. The molecule has 1 unspecified atom stereocenters. The van der Waals surface area contributed by atoms with E-state index in [4.69, 9.17) is 4.74 Å². The van der Waals surface area contributed by atoms with Crippen molar-refractivity contribution in [3.8, 4) is 0 Å². The number of fused-ring (bicyclic) bond motifs is 1. The highest BCUT2D eigenvalue weighted by Gasteiger charge is 2.34. The third-order valence-electron chi connectivity index (χ3n) is 4.94. The first-order valence-corrected chi connectivity index (χ1v) is 10.2. The quantitative estimate of drug-likeness (QED) is 0.605. The molecule has 154 valence electrons. The van der Waals surface area contributed by atoms with Crippen molar-refractivity contribution in [2.45, 2.75) is 26.1 Å². The van der Waals surface area contributed by atoms with Crippen LogP contribution in [-0.4, -0.2) is 56.7 Å². The van der Waals surface area contributed by atoms with Crippen LogP contribution in [-0.2, 0) is 4.74 Å². The number of aliphatic hydroxyl groups excluding tert-OH is 1. The van der Waals surface area contributed by atoms with Gasteiger partial charge in [0.2, 0.25) is 5.95 Å². The third-order valence-corrected chi connectivity index (χ3v) is 5.92. The van der Waals surface area contributed by atoms with E-state index in [1.54, 1.807) is 13.3 Å². The summed E-state index contributed by atoms with van der Waals surface area (Å²) in [5.41, 5.74) is 1.75. The fourth-order valence-electron chi connectivity index (χ4n) is 3.45. The van der Waals surface area contributed by atoms with E-state index in [1.165, 1.54) is 17.4 Å². The number of thiazole rings is 1. The summed E-state index contributed by atoms with van der Waals surface area (Å²) in [6.45, 7) is 5.93. The molecule has 0 radical (unpaired) electrons. The largest absolute Gasteiger partial charge is 0.384 e. The van der Waals surface area contributed by atoms with Crippen LogP contribution in [0.1, 0.15) is 35.5 Å². The zero-order valence-electron chi connectivity index (χ0n) is 16.5. The number of hydrogen-bond donors (Lipinski definition) is 2. The van der Waals surface area contributed by atoms with E-state index >= 15 is 0 Å². The number of hydrogen-bond acceptors (Lipinski definition) is 9. The summed E-state index contributed by atoms with van der Waals surface area (Å²) in [6.07, 6.45) is 1.91. The summed E-state index contributed by atoms with van der Waals surface area (Å²) in [4.78, 5) is 19.4. The van der Waals surface area contributed by atoms with Gasteiger partial charge in [-0.15, -0.1) is 11.3 Å². The van der Waals surface area contributed by atoms with Gasteiger partial charge in [0.05, 0.1) is 28.6 Å². The Balaban J connectivity index is 1.60. The number of aryl methyl sites for hydroxylation is 1. The van der Waals surface area contributed by atoms with Crippen LogP contribution in [0.5, 0.6) is 0 Å². The van der Waals surface area contributed by atoms with Crippen LogP contribution in [0.25, 0.3) is 10.3 Å². The molecule has 4 heterocycles. The summed E-state index contributed by atoms with van der Waals surface area (Å²) < 4.78 is 19.4. The minimum absolute atomic E-state index is 0.268. The first-order chi connectivity index (χ1) is 13.9. The summed E-state index contributed by atoms with van der Waals surface area (Å²) in [6, 6.07) is 1.15. The van der Waals surface area contributed by atoms with Crippen molar-refractivity contribution in [3.05, 3.63) is 40.5 Å². The van der Waals surface area contributed by atoms with Gasteiger partial charge in [0.25, 0.3) is 0 Å². The number of halogens is 1. The number of rotatable bonds is 7. The maximum atomic E-state index is 13.5. The van der Waals surface area contributed by atoms with Crippen LogP contribution in [0.2, 0.25) is 0 Å². The summed E-state index contributed by atoms with van der Waals surface area (Å²) in [5.74, 6) is 0.345. The van der Waals surface area contributed by atoms with Gasteiger partial charge in [-0.05, 0) is 25.5 Å². The Morgan fingerprint density at radius 1 is 1.34 bits per heavy atom. The molecule has 2 N–H and O–H groups in total. The highest BCUT2D eigenvalue weighted by Crippen LogP contribution is 2.33. The van der Waals surface area contributed by atoms with Crippen molar-refractivity contribution < 1.29 is 14.2 Å². The number of nitrogens with zero attached hydrogens (tertiary/aromatic N) is 5. The molecule has 0 spiro atoms. The van der Waals surface area contributed by atoms with E-state index in [1.807, 2.05) is 18.7 Å². The molecule has 0 amide bonds. The number of aromatic nitrogens is 4. The van der Waals surface area contributed by atoms with E-state index in [0.717, 1.165) is 29.0 Å². The predicted molar refractivity (Wildman–Crippen MR) is 108 cm³/mol. The van der Waals surface area contributed by atoms with Gasteiger partial charge < -0.3 is 15.2 Å².